The Morgan fingerprint density at radius 1 is 1.44 bits per heavy atom. The molecule has 0 spiro atoms. The fourth-order valence-corrected chi connectivity index (χ4v) is 0. The molecule has 0 saturated carbocycles. The fraction of sp³-hybridized carbons (Fsp3) is 0.750. The molecule has 0 aromatic carbocycles. The van der Waals surface area contributed by atoms with E-state index in [9.17, 15) is 4.55 Å². The van der Waals surface area contributed by atoms with E-state index in [-0.39, 0.29) is 51.4 Å². The minimum Gasteiger partial charge on any atom is -0.617 e. The van der Waals surface area contributed by atoms with Gasteiger partial charge in [-0.25, -0.2) is 0 Å². The van der Waals surface area contributed by atoms with Crippen molar-refractivity contribution in [2.24, 2.45) is 0 Å². The minimum atomic E-state index is -1.08. The molecule has 0 aromatic rings. The molecule has 9 heavy (non-hydrogen) atoms. The molecule has 0 aliphatic heterocycles. The molecule has 0 aliphatic rings. The summed E-state index contributed by atoms with van der Waals surface area (Å²) in [4.78, 5) is 8.89. The predicted molar refractivity (Wildman–Crippen MR) is 30.7 cm³/mol. The normalized spacial score (nSPS) is 6.78. The average molecular weight is 176 g/mol. The molecule has 0 heterocycles. The summed E-state index contributed by atoms with van der Waals surface area (Å²) in [6.07, 6.45) is 3.28. The number of hydrogen-bond donors (Lipinski definition) is 0. The van der Waals surface area contributed by atoms with Gasteiger partial charge in [-0.15, -0.1) is 0 Å². The maximum Gasteiger partial charge on any atom is 1.00 e. The van der Waals surface area contributed by atoms with Crippen molar-refractivity contribution in [1.82, 2.24) is 0 Å². The third kappa shape index (κ3) is 258. The van der Waals surface area contributed by atoms with Gasteiger partial charge in [-0.1, -0.05) is 11.2 Å². The number of hydrogen-bond acceptors (Lipinski definition) is 3. The molecule has 0 fully saturated rings. The molecular formula is C4H9KO3S. The van der Waals surface area contributed by atoms with E-state index < -0.39 is 17.1 Å². The Kier molecular flexibility index (Phi) is 22.6. The molecule has 0 unspecified atom stereocenters. The van der Waals surface area contributed by atoms with Crippen LogP contribution in [0, 0.1) is 0 Å². The second-order valence-electron chi connectivity index (χ2n) is 1.23. The van der Waals surface area contributed by atoms with Gasteiger partial charge in [0.25, 0.3) is 0 Å². The van der Waals surface area contributed by atoms with Gasteiger partial charge in [-0.05, 0) is 6.92 Å². The van der Waals surface area contributed by atoms with Crippen molar-refractivity contribution >= 4 is 17.1 Å². The number of carbonyl (C=O) groups is 1. The van der Waals surface area contributed by atoms with E-state index >= 15 is 0 Å². The molecule has 0 aliphatic carbocycles. The Hall–Kier alpha value is 1.42. The van der Waals surface area contributed by atoms with Crippen LogP contribution in [-0.2, 0) is 16.0 Å². The minimum absolute atomic E-state index is 0. The first kappa shape index (κ1) is 16.8. The summed E-state index contributed by atoms with van der Waals surface area (Å²) in [5.74, 6) is -1.08. The Bertz CT molecular complexity index is 60.1. The van der Waals surface area contributed by atoms with Crippen LogP contribution in [0.2, 0.25) is 0 Å². The van der Waals surface area contributed by atoms with Gasteiger partial charge in [-0.2, -0.15) is 0 Å². The van der Waals surface area contributed by atoms with Gasteiger partial charge in [0.15, 0.2) is 0 Å². The quantitative estimate of drug-likeness (QED) is 0.277. The van der Waals surface area contributed by atoms with Crippen LogP contribution in [0.4, 0.5) is 0 Å². The molecule has 0 rings (SSSR count). The van der Waals surface area contributed by atoms with E-state index in [1.807, 2.05) is 0 Å². The van der Waals surface area contributed by atoms with Crippen LogP contribution in [0.1, 0.15) is 6.92 Å². The average Bonchev–Trinajstić information content (AvgIpc) is 1.25. The van der Waals surface area contributed by atoms with Crippen LogP contribution < -0.4 is 56.5 Å². The molecule has 50 valence electrons. The first-order chi connectivity index (χ1) is 3.46. The first-order valence-electron chi connectivity index (χ1n) is 1.89. The second kappa shape index (κ2) is 12.1. The fourth-order valence-electron chi connectivity index (χ4n) is 0. The van der Waals surface area contributed by atoms with Crippen molar-refractivity contribution in [2.45, 2.75) is 6.92 Å². The summed E-state index contributed by atoms with van der Waals surface area (Å²) in [5, 5.41) is 8.89. The Morgan fingerprint density at radius 2 is 1.44 bits per heavy atom. The number of carboxylic acids is 1. The van der Waals surface area contributed by atoms with E-state index in [1.54, 1.807) is 12.5 Å². The SMILES string of the molecule is CC(=O)[O-].C[S+](C)[O-].[K+]. The van der Waals surface area contributed by atoms with E-state index in [2.05, 4.69) is 0 Å². The smallest absolute Gasteiger partial charge is 0.617 e. The van der Waals surface area contributed by atoms with E-state index in [0.29, 0.717) is 0 Å². The Morgan fingerprint density at radius 3 is 1.44 bits per heavy atom. The van der Waals surface area contributed by atoms with Crippen molar-refractivity contribution in [3.8, 4) is 0 Å². The zero-order chi connectivity index (χ0) is 7.15. The first-order valence-corrected chi connectivity index (χ1v) is 3.86. The topological polar surface area (TPSA) is 63.2 Å². The Balaban J connectivity index is -0.0000000720. The molecule has 0 bridgehead atoms. The van der Waals surface area contributed by atoms with Crippen molar-refractivity contribution in [2.75, 3.05) is 12.5 Å². The van der Waals surface area contributed by atoms with Crippen molar-refractivity contribution in [1.29, 1.82) is 0 Å². The summed E-state index contributed by atoms with van der Waals surface area (Å²) >= 11 is -0.611. The maximum absolute atomic E-state index is 9.56. The third-order valence-corrected chi connectivity index (χ3v) is 0. The predicted octanol–water partition coefficient (Wildman–Crippen LogP) is -4.25. The summed E-state index contributed by atoms with van der Waals surface area (Å²) in [6.45, 7) is 0.972. The van der Waals surface area contributed by atoms with Gasteiger partial charge in [0.2, 0.25) is 0 Å². The zero-order valence-electron chi connectivity index (χ0n) is 6.13. The number of rotatable bonds is 0. The molecule has 0 amide bonds. The van der Waals surface area contributed by atoms with E-state index in [1.165, 1.54) is 0 Å². The van der Waals surface area contributed by atoms with Gasteiger partial charge < -0.3 is 14.5 Å². The number of carbonyl (C=O) groups excluding carboxylic acids is 1. The maximum atomic E-state index is 9.56. The molecular weight excluding hydrogens is 167 g/mol. The van der Waals surface area contributed by atoms with E-state index in [0.717, 1.165) is 6.92 Å². The van der Waals surface area contributed by atoms with Gasteiger partial charge in [-0.3, -0.25) is 0 Å². The largest absolute Gasteiger partial charge is 1.00 e. The molecule has 0 atom stereocenters. The molecule has 5 heteroatoms. The summed E-state index contributed by atoms with van der Waals surface area (Å²) in [6, 6.07) is 0. The van der Waals surface area contributed by atoms with Gasteiger partial charge in [0, 0.05) is 5.97 Å². The molecule has 3 nitrogen and oxygen atoms in total. The van der Waals surface area contributed by atoms with Crippen LogP contribution in [-0.4, -0.2) is 23.0 Å². The summed E-state index contributed by atoms with van der Waals surface area (Å²) in [5.41, 5.74) is 0. The number of carboxylic acid groups (broad SMARTS) is 1. The second-order valence-corrected chi connectivity index (χ2v) is 2.72. The molecule has 0 aromatic heterocycles. The van der Waals surface area contributed by atoms with Gasteiger partial charge in [0.1, 0.15) is 0 Å². The van der Waals surface area contributed by atoms with Crippen LogP contribution in [0.5, 0.6) is 0 Å². The molecule has 0 radical (unpaired) electrons. The van der Waals surface area contributed by atoms with Crippen LogP contribution in [0.3, 0.4) is 0 Å². The standard InChI is InChI=1S/C2H4O2.C2H6OS.K/c1-2(3)4;1-4(2)3;/h1H3,(H,3,4);1-2H3;/q;;+1/p-1. The van der Waals surface area contributed by atoms with Crippen LogP contribution in [0.15, 0.2) is 0 Å². The molecule has 0 N–H and O–H groups in total. The number of aliphatic carboxylic acids is 1. The Labute approximate surface area is 101 Å². The molecule has 0 saturated heterocycles. The van der Waals surface area contributed by atoms with E-state index in [4.69, 9.17) is 9.90 Å². The third-order valence-electron chi connectivity index (χ3n) is 0. The van der Waals surface area contributed by atoms with Crippen molar-refractivity contribution in [3.05, 3.63) is 0 Å². The summed E-state index contributed by atoms with van der Waals surface area (Å²) in [7, 11) is 0. The van der Waals surface area contributed by atoms with Gasteiger partial charge in [0.05, 0.1) is 12.5 Å². The van der Waals surface area contributed by atoms with Crippen molar-refractivity contribution < 1.29 is 65.8 Å². The summed E-state index contributed by atoms with van der Waals surface area (Å²) < 4.78 is 9.56. The van der Waals surface area contributed by atoms with Crippen molar-refractivity contribution in [3.63, 3.8) is 0 Å². The zero-order valence-corrected chi connectivity index (χ0v) is 10.1. The van der Waals surface area contributed by atoms with Gasteiger partial charge >= 0.3 is 51.4 Å². The van der Waals surface area contributed by atoms with Crippen LogP contribution >= 0.6 is 0 Å². The van der Waals surface area contributed by atoms with Crippen LogP contribution in [0.25, 0.3) is 0 Å². The monoisotopic (exact) mass is 176 g/mol.